The number of alkyl halides is 1. The number of nitrogens with zero attached hydrogens (tertiary/aromatic N) is 6. The van der Waals surface area contributed by atoms with Gasteiger partial charge in [-0.3, -0.25) is 4.90 Å². The molecule has 1 amide bonds. The third-order valence-electron chi connectivity index (χ3n) is 8.50. The van der Waals surface area contributed by atoms with E-state index in [-0.39, 0.29) is 40.3 Å². The van der Waals surface area contributed by atoms with Crippen molar-refractivity contribution in [2.45, 2.75) is 70.2 Å². The number of carbonyl (C=O) groups excluding carboxylic acids is 1. The lowest BCUT2D eigenvalue weighted by Gasteiger charge is -2.54. The zero-order valence-electron chi connectivity index (χ0n) is 22.7. The molecule has 2 aromatic heterocycles. The highest BCUT2D eigenvalue weighted by Gasteiger charge is 2.50. The van der Waals surface area contributed by atoms with Gasteiger partial charge in [-0.05, 0) is 53.0 Å². The van der Waals surface area contributed by atoms with Gasteiger partial charge >= 0.3 is 12.1 Å². The fourth-order valence-corrected chi connectivity index (χ4v) is 6.96. The van der Waals surface area contributed by atoms with E-state index in [1.807, 2.05) is 20.8 Å². The molecule has 0 radical (unpaired) electrons. The SMILES string of the molecule is CC(C)(C)OC(=O)N1CC2(CCCN(c3nc(OC[C@@]45CCCN4C[C@H](F)C5)nc4c(F)c(Cl)ncc34)C2)C1. The first-order chi connectivity index (χ1) is 18.5. The Bertz CT molecular complexity index is 1290. The number of piperidine rings is 1. The Morgan fingerprint density at radius 2 is 1.95 bits per heavy atom. The van der Waals surface area contributed by atoms with Crippen molar-refractivity contribution >= 4 is 34.4 Å². The van der Waals surface area contributed by atoms with Gasteiger partial charge in [0.2, 0.25) is 0 Å². The molecular formula is C27H35ClF2N6O3. The highest BCUT2D eigenvalue weighted by molar-refractivity contribution is 6.30. The summed E-state index contributed by atoms with van der Waals surface area (Å²) in [6, 6.07) is 0.0471. The lowest BCUT2D eigenvalue weighted by molar-refractivity contribution is -0.0390. The highest BCUT2D eigenvalue weighted by Crippen LogP contribution is 2.43. The van der Waals surface area contributed by atoms with Crippen LogP contribution < -0.4 is 9.64 Å². The smallest absolute Gasteiger partial charge is 0.410 e. The number of fused-ring (bicyclic) bond motifs is 2. The number of ether oxygens (including phenoxy) is 2. The predicted octanol–water partition coefficient (Wildman–Crippen LogP) is 4.61. The quantitative estimate of drug-likeness (QED) is 0.498. The largest absolute Gasteiger partial charge is 0.461 e. The molecule has 2 aromatic rings. The Hall–Kier alpha value is -2.53. The minimum atomic E-state index is -0.878. The van der Waals surface area contributed by atoms with Gasteiger partial charge in [0, 0.05) is 50.8 Å². The van der Waals surface area contributed by atoms with Crippen LogP contribution in [0.3, 0.4) is 0 Å². The number of hydrogen-bond acceptors (Lipinski definition) is 8. The average Bonchev–Trinajstić information content (AvgIpc) is 3.38. The summed E-state index contributed by atoms with van der Waals surface area (Å²) in [5, 5.41) is 0.187. The van der Waals surface area contributed by atoms with Crippen molar-refractivity contribution in [2.75, 3.05) is 50.8 Å². The van der Waals surface area contributed by atoms with Gasteiger partial charge in [-0.2, -0.15) is 9.97 Å². The van der Waals surface area contributed by atoms with Crippen LogP contribution in [0, 0.1) is 11.2 Å². The summed E-state index contributed by atoms with van der Waals surface area (Å²) in [7, 11) is 0. The number of carbonyl (C=O) groups is 1. The number of amides is 1. The Morgan fingerprint density at radius 3 is 2.72 bits per heavy atom. The van der Waals surface area contributed by atoms with Gasteiger partial charge in [0.05, 0.1) is 10.9 Å². The second-order valence-corrected chi connectivity index (χ2v) is 13.0. The van der Waals surface area contributed by atoms with Crippen molar-refractivity contribution in [1.82, 2.24) is 24.8 Å². The Kier molecular flexibility index (Phi) is 6.53. The second-order valence-electron chi connectivity index (χ2n) is 12.7. The summed E-state index contributed by atoms with van der Waals surface area (Å²) in [5.74, 6) is -0.192. The van der Waals surface area contributed by atoms with Crippen LogP contribution >= 0.6 is 11.6 Å². The monoisotopic (exact) mass is 564 g/mol. The molecule has 4 aliphatic rings. The molecule has 0 saturated carbocycles. The van der Waals surface area contributed by atoms with Gasteiger partial charge in [-0.15, -0.1) is 0 Å². The minimum absolute atomic E-state index is 0.0471. The molecule has 4 aliphatic heterocycles. The molecule has 1 spiro atoms. The van der Waals surface area contributed by atoms with E-state index in [9.17, 15) is 9.18 Å². The van der Waals surface area contributed by atoms with Crippen LogP contribution in [0.25, 0.3) is 10.9 Å². The molecule has 212 valence electrons. The first-order valence-corrected chi connectivity index (χ1v) is 14.1. The number of pyridine rings is 1. The van der Waals surface area contributed by atoms with Crippen LogP contribution in [0.15, 0.2) is 6.20 Å². The van der Waals surface area contributed by atoms with Crippen LogP contribution in [0.5, 0.6) is 6.01 Å². The zero-order valence-corrected chi connectivity index (χ0v) is 23.4. The van der Waals surface area contributed by atoms with Crippen LogP contribution in [-0.4, -0.2) is 94.0 Å². The Morgan fingerprint density at radius 1 is 1.18 bits per heavy atom. The molecule has 0 N–H and O–H groups in total. The topological polar surface area (TPSA) is 83.9 Å². The lowest BCUT2D eigenvalue weighted by atomic mass is 9.73. The van der Waals surface area contributed by atoms with Gasteiger partial charge in [-0.1, -0.05) is 11.6 Å². The summed E-state index contributed by atoms with van der Waals surface area (Å²) < 4.78 is 41.1. The maximum absolute atomic E-state index is 15.2. The molecule has 2 atom stereocenters. The molecule has 4 saturated heterocycles. The zero-order chi connectivity index (χ0) is 27.6. The summed E-state index contributed by atoms with van der Waals surface area (Å²) in [6.07, 6.45) is 4.43. The van der Waals surface area contributed by atoms with Crippen molar-refractivity contribution in [2.24, 2.45) is 5.41 Å². The van der Waals surface area contributed by atoms with Crippen molar-refractivity contribution < 1.29 is 23.0 Å². The van der Waals surface area contributed by atoms with Crippen LogP contribution in [0.1, 0.15) is 52.9 Å². The van der Waals surface area contributed by atoms with E-state index < -0.39 is 17.6 Å². The minimum Gasteiger partial charge on any atom is -0.461 e. The number of anilines is 1. The molecule has 0 aliphatic carbocycles. The van der Waals surface area contributed by atoms with Gasteiger partial charge in [0.15, 0.2) is 11.0 Å². The lowest BCUT2D eigenvalue weighted by Crippen LogP contribution is -2.64. The molecule has 39 heavy (non-hydrogen) atoms. The fourth-order valence-electron chi connectivity index (χ4n) is 6.82. The van der Waals surface area contributed by atoms with Gasteiger partial charge in [0.25, 0.3) is 0 Å². The Balaban J connectivity index is 1.25. The number of halogens is 3. The maximum atomic E-state index is 15.2. The van der Waals surface area contributed by atoms with E-state index in [1.54, 1.807) is 4.90 Å². The van der Waals surface area contributed by atoms with E-state index in [2.05, 4.69) is 19.8 Å². The number of aromatic nitrogens is 3. The summed E-state index contributed by atoms with van der Waals surface area (Å²) in [6.45, 7) is 9.61. The molecular weight excluding hydrogens is 530 g/mol. The van der Waals surface area contributed by atoms with Crippen molar-refractivity contribution in [1.29, 1.82) is 0 Å². The normalized spacial score (nSPS) is 26.7. The van der Waals surface area contributed by atoms with Crippen LogP contribution in [0.4, 0.5) is 19.4 Å². The third-order valence-corrected chi connectivity index (χ3v) is 8.76. The molecule has 9 nitrogen and oxygen atoms in total. The van der Waals surface area contributed by atoms with Crippen molar-refractivity contribution in [3.8, 4) is 6.01 Å². The van der Waals surface area contributed by atoms with Crippen LogP contribution in [-0.2, 0) is 4.74 Å². The van der Waals surface area contributed by atoms with Gasteiger partial charge < -0.3 is 19.3 Å². The molecule has 0 unspecified atom stereocenters. The number of hydrogen-bond donors (Lipinski definition) is 0. The molecule has 12 heteroatoms. The number of likely N-dealkylation sites (tertiary alicyclic amines) is 1. The highest BCUT2D eigenvalue weighted by atomic mass is 35.5. The summed E-state index contributed by atoms with van der Waals surface area (Å²) in [4.78, 5) is 31.7. The average molecular weight is 565 g/mol. The molecule has 0 bridgehead atoms. The molecule has 4 fully saturated rings. The molecule has 6 heterocycles. The molecule has 6 rings (SSSR count). The summed E-state index contributed by atoms with van der Waals surface area (Å²) in [5.41, 5.74) is -0.978. The van der Waals surface area contributed by atoms with Gasteiger partial charge in [-0.25, -0.2) is 18.6 Å². The first kappa shape index (κ1) is 26.7. The first-order valence-electron chi connectivity index (χ1n) is 13.7. The van der Waals surface area contributed by atoms with Gasteiger partial charge in [0.1, 0.15) is 29.7 Å². The third kappa shape index (κ3) is 4.96. The standard InChI is InChI=1S/C27H35ClF2N6O3/c1-25(2,3)39-24(37)35-14-26(15-35)6-4-8-34(13-26)22-18-11-31-21(28)19(30)20(18)32-23(33-22)38-16-27-7-5-9-36(27)12-17(29)10-27/h11,17H,4-10,12-16H2,1-3H3/t17-,27+/m1/s1. The van der Waals surface area contributed by atoms with E-state index in [0.29, 0.717) is 50.3 Å². The molecule has 0 aromatic carbocycles. The maximum Gasteiger partial charge on any atom is 0.410 e. The predicted molar refractivity (Wildman–Crippen MR) is 143 cm³/mol. The van der Waals surface area contributed by atoms with Crippen LogP contribution in [0.2, 0.25) is 5.15 Å². The van der Waals surface area contributed by atoms with Crippen molar-refractivity contribution in [3.05, 3.63) is 17.2 Å². The van der Waals surface area contributed by atoms with E-state index in [1.165, 1.54) is 6.20 Å². The van der Waals surface area contributed by atoms with E-state index in [0.717, 1.165) is 32.2 Å². The fraction of sp³-hybridized carbons (Fsp3) is 0.704. The summed E-state index contributed by atoms with van der Waals surface area (Å²) >= 11 is 6.02. The van der Waals surface area contributed by atoms with Crippen molar-refractivity contribution in [3.63, 3.8) is 0 Å². The Labute approximate surface area is 231 Å². The van der Waals surface area contributed by atoms with E-state index in [4.69, 9.17) is 26.1 Å². The second kappa shape index (κ2) is 9.54. The number of rotatable bonds is 4. The van der Waals surface area contributed by atoms with E-state index >= 15 is 4.39 Å².